The number of anilines is 2. The van der Waals surface area contributed by atoms with E-state index in [9.17, 15) is 14.4 Å². The van der Waals surface area contributed by atoms with Gasteiger partial charge in [0.2, 0.25) is 11.8 Å². The first kappa shape index (κ1) is 24.5. The molecular weight excluding hydrogens is 458 g/mol. The van der Waals surface area contributed by atoms with E-state index in [0.717, 1.165) is 49.8 Å². The van der Waals surface area contributed by atoms with Crippen LogP contribution in [-0.2, 0) is 26.3 Å². The van der Waals surface area contributed by atoms with Crippen LogP contribution in [0.1, 0.15) is 74.3 Å². The number of fused-ring (bicyclic) bond motifs is 2. The zero-order chi connectivity index (χ0) is 25.1. The summed E-state index contributed by atoms with van der Waals surface area (Å²) < 4.78 is 7.16. The van der Waals surface area contributed by atoms with Crippen molar-refractivity contribution in [1.82, 2.24) is 15.1 Å². The predicted octanol–water partition coefficient (Wildman–Crippen LogP) is 3.61. The van der Waals surface area contributed by atoms with Crippen molar-refractivity contribution in [3.05, 3.63) is 41.7 Å². The van der Waals surface area contributed by atoms with Crippen LogP contribution in [0.3, 0.4) is 0 Å². The van der Waals surface area contributed by atoms with Crippen molar-refractivity contribution < 1.29 is 19.1 Å². The first-order valence-corrected chi connectivity index (χ1v) is 13.2. The summed E-state index contributed by atoms with van der Waals surface area (Å²) in [6, 6.07) is 6.66. The molecule has 9 heteroatoms. The van der Waals surface area contributed by atoms with Gasteiger partial charge in [-0.1, -0.05) is 32.3 Å². The molecule has 1 spiro atoms. The van der Waals surface area contributed by atoms with E-state index in [4.69, 9.17) is 4.74 Å². The second kappa shape index (κ2) is 10.4. The summed E-state index contributed by atoms with van der Waals surface area (Å²) >= 11 is 0. The number of nitrogens with one attached hydrogen (secondary N) is 3. The number of aromatic nitrogens is 2. The minimum absolute atomic E-state index is 0.000290. The standard InChI is InChI=1S/C27H35N5O4/c1-2-14-32-22(10-13-28-32)24(33)31-23(18-6-4-3-5-7-18)25(34)29-19-8-9-20-21(17-19)30-26(35)27(20)11-15-36-16-12-27/h8-10,13,17-18,23H,2-7,11-12,14-16H2,1H3,(H,29,34)(H,30,35)(H,31,33). The highest BCUT2D eigenvalue weighted by atomic mass is 16.5. The third kappa shape index (κ3) is 4.64. The summed E-state index contributed by atoms with van der Waals surface area (Å²) in [5.74, 6) is -0.443. The van der Waals surface area contributed by atoms with E-state index >= 15 is 0 Å². The molecule has 1 aliphatic carbocycles. The maximum Gasteiger partial charge on any atom is 0.270 e. The number of benzene rings is 1. The topological polar surface area (TPSA) is 114 Å². The van der Waals surface area contributed by atoms with Crippen molar-refractivity contribution in [3.63, 3.8) is 0 Å². The Kier molecular flexibility index (Phi) is 7.09. The van der Waals surface area contributed by atoms with Gasteiger partial charge in [0.15, 0.2) is 0 Å². The minimum atomic E-state index is -0.646. The fraction of sp³-hybridized carbons (Fsp3) is 0.556. The Morgan fingerprint density at radius 2 is 1.97 bits per heavy atom. The Balaban J connectivity index is 1.34. The first-order chi connectivity index (χ1) is 17.5. The van der Waals surface area contributed by atoms with Crippen LogP contribution in [0.15, 0.2) is 30.5 Å². The fourth-order valence-electron chi connectivity index (χ4n) is 5.94. The van der Waals surface area contributed by atoms with Crippen LogP contribution in [0, 0.1) is 5.92 Å². The monoisotopic (exact) mass is 493 g/mol. The Hall–Kier alpha value is -3.20. The van der Waals surface area contributed by atoms with Crippen molar-refractivity contribution in [3.8, 4) is 0 Å². The van der Waals surface area contributed by atoms with Crippen molar-refractivity contribution in [2.45, 2.75) is 76.3 Å². The van der Waals surface area contributed by atoms with Crippen LogP contribution in [0.5, 0.6) is 0 Å². The summed E-state index contributed by atoms with van der Waals surface area (Å²) in [4.78, 5) is 39.6. The highest BCUT2D eigenvalue weighted by Crippen LogP contribution is 2.45. The molecule has 5 rings (SSSR count). The smallest absolute Gasteiger partial charge is 0.270 e. The van der Waals surface area contributed by atoms with Gasteiger partial charge in [-0.25, -0.2) is 0 Å². The molecule has 192 valence electrons. The van der Waals surface area contributed by atoms with Gasteiger partial charge < -0.3 is 20.7 Å². The second-order valence-corrected chi connectivity index (χ2v) is 10.2. The van der Waals surface area contributed by atoms with Crippen LogP contribution in [0.4, 0.5) is 11.4 Å². The molecule has 1 aromatic heterocycles. The molecule has 36 heavy (non-hydrogen) atoms. The molecule has 9 nitrogen and oxygen atoms in total. The lowest BCUT2D eigenvalue weighted by atomic mass is 9.75. The number of ether oxygens (including phenoxy) is 1. The number of hydrogen-bond donors (Lipinski definition) is 3. The lowest BCUT2D eigenvalue weighted by Crippen LogP contribution is -2.49. The number of aryl methyl sites for hydroxylation is 1. The largest absolute Gasteiger partial charge is 0.381 e. The number of hydrogen-bond acceptors (Lipinski definition) is 5. The Labute approximate surface area is 211 Å². The summed E-state index contributed by atoms with van der Waals surface area (Å²) in [6.45, 7) is 3.80. The van der Waals surface area contributed by atoms with Gasteiger partial charge in [-0.05, 0) is 61.8 Å². The molecule has 2 fully saturated rings. The second-order valence-electron chi connectivity index (χ2n) is 10.2. The van der Waals surface area contributed by atoms with E-state index in [1.165, 1.54) is 0 Å². The van der Waals surface area contributed by atoms with Crippen LogP contribution in [0.25, 0.3) is 0 Å². The normalized spacial score (nSPS) is 20.0. The van der Waals surface area contributed by atoms with Gasteiger partial charge in [0.1, 0.15) is 11.7 Å². The molecule has 2 aromatic rings. The van der Waals surface area contributed by atoms with Gasteiger partial charge in [0.05, 0.1) is 5.41 Å². The van der Waals surface area contributed by atoms with Crippen LogP contribution in [-0.4, -0.2) is 46.8 Å². The maximum atomic E-state index is 13.5. The summed E-state index contributed by atoms with van der Waals surface area (Å²) in [7, 11) is 0. The minimum Gasteiger partial charge on any atom is -0.381 e. The maximum absolute atomic E-state index is 13.5. The van der Waals surface area contributed by atoms with E-state index in [-0.39, 0.29) is 23.6 Å². The predicted molar refractivity (Wildman–Crippen MR) is 136 cm³/mol. The first-order valence-electron chi connectivity index (χ1n) is 13.2. The molecule has 0 bridgehead atoms. The molecule has 3 heterocycles. The molecule has 0 radical (unpaired) electrons. The average molecular weight is 494 g/mol. The van der Waals surface area contributed by atoms with Gasteiger partial charge in [-0.2, -0.15) is 5.10 Å². The third-order valence-electron chi connectivity index (χ3n) is 7.91. The van der Waals surface area contributed by atoms with Crippen LogP contribution >= 0.6 is 0 Å². The number of rotatable bonds is 7. The van der Waals surface area contributed by atoms with E-state index < -0.39 is 11.5 Å². The van der Waals surface area contributed by atoms with E-state index in [1.54, 1.807) is 16.9 Å². The lowest BCUT2D eigenvalue weighted by molar-refractivity contribution is -0.124. The van der Waals surface area contributed by atoms with E-state index in [0.29, 0.717) is 44.0 Å². The lowest BCUT2D eigenvalue weighted by Gasteiger charge is -2.31. The molecule has 3 N–H and O–H groups in total. The quantitative estimate of drug-likeness (QED) is 0.545. The Morgan fingerprint density at radius 3 is 2.72 bits per heavy atom. The third-order valence-corrected chi connectivity index (χ3v) is 7.91. The van der Waals surface area contributed by atoms with E-state index in [2.05, 4.69) is 21.0 Å². The molecule has 1 unspecified atom stereocenters. The van der Waals surface area contributed by atoms with E-state index in [1.807, 2.05) is 25.1 Å². The van der Waals surface area contributed by atoms with Crippen molar-refractivity contribution in [2.24, 2.45) is 5.92 Å². The summed E-state index contributed by atoms with van der Waals surface area (Å²) in [5.41, 5.74) is 2.23. The molecule has 1 aromatic carbocycles. The zero-order valence-corrected chi connectivity index (χ0v) is 20.8. The zero-order valence-electron chi connectivity index (χ0n) is 20.8. The molecular formula is C27H35N5O4. The van der Waals surface area contributed by atoms with Gasteiger partial charge in [0.25, 0.3) is 5.91 Å². The van der Waals surface area contributed by atoms with Gasteiger partial charge in [0, 0.05) is 37.3 Å². The van der Waals surface area contributed by atoms with Crippen molar-refractivity contribution >= 4 is 29.1 Å². The molecule has 3 aliphatic rings. The molecule has 2 aliphatic heterocycles. The van der Waals surface area contributed by atoms with Gasteiger partial charge in [-0.15, -0.1) is 0 Å². The SMILES string of the molecule is CCCn1nccc1C(=O)NC(C(=O)Nc1ccc2c(c1)NC(=O)C21CCOCC1)C1CCCCC1. The molecule has 1 saturated heterocycles. The Morgan fingerprint density at radius 1 is 1.19 bits per heavy atom. The van der Waals surface area contributed by atoms with Crippen molar-refractivity contribution in [2.75, 3.05) is 23.8 Å². The highest BCUT2D eigenvalue weighted by Gasteiger charge is 2.47. The van der Waals surface area contributed by atoms with Gasteiger partial charge >= 0.3 is 0 Å². The number of carbonyl (C=O) groups is 3. The van der Waals surface area contributed by atoms with Crippen LogP contribution < -0.4 is 16.0 Å². The summed E-state index contributed by atoms with van der Waals surface area (Å²) in [6.07, 6.45) is 8.84. The average Bonchev–Trinajstić information content (AvgIpc) is 3.46. The Bertz CT molecular complexity index is 1130. The van der Waals surface area contributed by atoms with Gasteiger partial charge in [-0.3, -0.25) is 19.1 Å². The molecule has 1 atom stereocenters. The fourth-order valence-corrected chi connectivity index (χ4v) is 5.94. The molecule has 3 amide bonds. The number of nitrogens with zero attached hydrogens (tertiary/aromatic N) is 2. The van der Waals surface area contributed by atoms with Crippen molar-refractivity contribution in [1.29, 1.82) is 0 Å². The van der Waals surface area contributed by atoms with Crippen LogP contribution in [0.2, 0.25) is 0 Å². The summed E-state index contributed by atoms with van der Waals surface area (Å²) in [5, 5.41) is 13.3. The molecule has 1 saturated carbocycles. The number of amides is 3. The highest BCUT2D eigenvalue weighted by molar-refractivity contribution is 6.07. The number of carbonyl (C=O) groups excluding carboxylic acids is 3.